The molecule has 0 unspecified atom stereocenters. The highest BCUT2D eigenvalue weighted by Gasteiger charge is 2.16. The first-order valence-electron chi connectivity index (χ1n) is 4.62. The van der Waals surface area contributed by atoms with Crippen molar-refractivity contribution in [2.24, 2.45) is 7.05 Å². The molecule has 2 rings (SSSR count). The molecular formula is C11H9N3O2. The van der Waals surface area contributed by atoms with Crippen molar-refractivity contribution in [2.45, 2.75) is 0 Å². The van der Waals surface area contributed by atoms with Crippen molar-refractivity contribution in [1.29, 1.82) is 5.26 Å². The van der Waals surface area contributed by atoms with Gasteiger partial charge in [-0.15, -0.1) is 0 Å². The summed E-state index contributed by atoms with van der Waals surface area (Å²) in [6, 6.07) is 7.08. The predicted molar refractivity (Wildman–Crippen MR) is 56.8 cm³/mol. The van der Waals surface area contributed by atoms with Gasteiger partial charge in [0.2, 0.25) is 0 Å². The van der Waals surface area contributed by atoms with E-state index in [4.69, 9.17) is 5.26 Å². The minimum Gasteiger partial charge on any atom is -0.464 e. The largest absolute Gasteiger partial charge is 0.464 e. The summed E-state index contributed by atoms with van der Waals surface area (Å²) in [6.45, 7) is 0. The van der Waals surface area contributed by atoms with Crippen LogP contribution < -0.4 is 0 Å². The Morgan fingerprint density at radius 2 is 2.31 bits per heavy atom. The SMILES string of the molecule is COC(=O)c1nn(C)c2cc(C#N)ccc12. The van der Waals surface area contributed by atoms with Gasteiger partial charge in [0.15, 0.2) is 5.69 Å². The van der Waals surface area contributed by atoms with Gasteiger partial charge in [0.25, 0.3) is 0 Å². The Kier molecular flexibility index (Phi) is 2.33. The molecule has 1 aromatic carbocycles. The molecule has 0 aliphatic carbocycles. The zero-order valence-corrected chi connectivity index (χ0v) is 8.89. The molecule has 0 atom stereocenters. The molecule has 0 aliphatic rings. The van der Waals surface area contributed by atoms with E-state index < -0.39 is 5.97 Å². The number of aryl methyl sites for hydroxylation is 1. The van der Waals surface area contributed by atoms with Crippen molar-refractivity contribution >= 4 is 16.9 Å². The molecular weight excluding hydrogens is 206 g/mol. The van der Waals surface area contributed by atoms with Crippen LogP contribution in [0.5, 0.6) is 0 Å². The van der Waals surface area contributed by atoms with E-state index in [0.29, 0.717) is 10.9 Å². The maximum atomic E-state index is 11.4. The molecule has 0 saturated carbocycles. The molecule has 5 nitrogen and oxygen atoms in total. The van der Waals surface area contributed by atoms with E-state index in [1.54, 1.807) is 29.9 Å². The molecule has 2 aromatic rings. The van der Waals surface area contributed by atoms with Crippen LogP contribution in [0.15, 0.2) is 18.2 Å². The number of rotatable bonds is 1. The first kappa shape index (κ1) is 10.2. The summed E-state index contributed by atoms with van der Waals surface area (Å²) in [6.07, 6.45) is 0. The number of carbonyl (C=O) groups excluding carboxylic acids is 1. The van der Waals surface area contributed by atoms with E-state index in [1.807, 2.05) is 6.07 Å². The normalized spacial score (nSPS) is 10.1. The van der Waals surface area contributed by atoms with Crippen molar-refractivity contribution in [3.63, 3.8) is 0 Å². The monoisotopic (exact) mass is 215 g/mol. The number of benzene rings is 1. The molecule has 0 saturated heterocycles. The van der Waals surface area contributed by atoms with Crippen LogP contribution in [-0.2, 0) is 11.8 Å². The minimum atomic E-state index is -0.477. The number of aromatic nitrogens is 2. The number of carbonyl (C=O) groups is 1. The minimum absolute atomic E-state index is 0.268. The van der Waals surface area contributed by atoms with Gasteiger partial charge >= 0.3 is 5.97 Å². The number of fused-ring (bicyclic) bond motifs is 1. The standard InChI is InChI=1S/C11H9N3O2/c1-14-9-5-7(6-12)3-4-8(9)10(13-14)11(15)16-2/h3-5H,1-2H3. The topological polar surface area (TPSA) is 67.9 Å². The number of ether oxygens (including phenoxy) is 1. The highest BCUT2D eigenvalue weighted by Crippen LogP contribution is 2.19. The number of nitriles is 1. The highest BCUT2D eigenvalue weighted by atomic mass is 16.5. The Balaban J connectivity index is 2.73. The second kappa shape index (κ2) is 3.66. The Bertz CT molecular complexity index is 607. The van der Waals surface area contributed by atoms with Crippen LogP contribution in [-0.4, -0.2) is 22.9 Å². The van der Waals surface area contributed by atoms with Crippen molar-refractivity contribution in [1.82, 2.24) is 9.78 Å². The van der Waals surface area contributed by atoms with Crippen molar-refractivity contribution in [3.05, 3.63) is 29.5 Å². The van der Waals surface area contributed by atoms with Crippen molar-refractivity contribution in [3.8, 4) is 6.07 Å². The first-order chi connectivity index (χ1) is 7.67. The lowest BCUT2D eigenvalue weighted by molar-refractivity contribution is 0.0595. The molecule has 0 aliphatic heterocycles. The molecule has 0 spiro atoms. The van der Waals surface area contributed by atoms with E-state index in [-0.39, 0.29) is 5.69 Å². The number of hydrogen-bond acceptors (Lipinski definition) is 4. The average molecular weight is 215 g/mol. The van der Waals surface area contributed by atoms with Gasteiger partial charge in [0, 0.05) is 12.4 Å². The second-order valence-electron chi connectivity index (χ2n) is 3.31. The molecule has 5 heteroatoms. The van der Waals surface area contributed by atoms with Crippen LogP contribution in [0.3, 0.4) is 0 Å². The summed E-state index contributed by atoms with van der Waals surface area (Å²) in [5.41, 5.74) is 1.54. The van der Waals surface area contributed by atoms with Crippen LogP contribution in [0.4, 0.5) is 0 Å². The molecule has 16 heavy (non-hydrogen) atoms. The Hall–Kier alpha value is -2.35. The molecule has 1 heterocycles. The van der Waals surface area contributed by atoms with E-state index in [9.17, 15) is 4.79 Å². The summed E-state index contributed by atoms with van der Waals surface area (Å²) in [7, 11) is 3.03. The molecule has 80 valence electrons. The lowest BCUT2D eigenvalue weighted by Gasteiger charge is -1.94. The maximum absolute atomic E-state index is 11.4. The zero-order chi connectivity index (χ0) is 11.7. The summed E-state index contributed by atoms with van der Waals surface area (Å²) in [5.74, 6) is -0.477. The Morgan fingerprint density at radius 1 is 1.56 bits per heavy atom. The summed E-state index contributed by atoms with van der Waals surface area (Å²) in [4.78, 5) is 11.4. The fraction of sp³-hybridized carbons (Fsp3) is 0.182. The lowest BCUT2D eigenvalue weighted by atomic mass is 10.1. The van der Waals surface area contributed by atoms with E-state index >= 15 is 0 Å². The van der Waals surface area contributed by atoms with Gasteiger partial charge in [-0.2, -0.15) is 10.4 Å². The van der Waals surface area contributed by atoms with E-state index in [0.717, 1.165) is 5.52 Å². The maximum Gasteiger partial charge on any atom is 0.359 e. The summed E-state index contributed by atoms with van der Waals surface area (Å²) >= 11 is 0. The van der Waals surface area contributed by atoms with Gasteiger partial charge in [-0.25, -0.2) is 4.79 Å². The third-order valence-corrected chi connectivity index (χ3v) is 2.36. The van der Waals surface area contributed by atoms with E-state index in [1.165, 1.54) is 7.11 Å². The van der Waals surface area contributed by atoms with Gasteiger partial charge in [-0.05, 0) is 18.2 Å². The fourth-order valence-corrected chi connectivity index (χ4v) is 1.57. The van der Waals surface area contributed by atoms with Crippen LogP contribution in [0.25, 0.3) is 10.9 Å². The molecule has 0 bridgehead atoms. The molecule has 1 aromatic heterocycles. The van der Waals surface area contributed by atoms with Crippen LogP contribution >= 0.6 is 0 Å². The second-order valence-corrected chi connectivity index (χ2v) is 3.31. The Morgan fingerprint density at radius 3 is 2.94 bits per heavy atom. The summed E-state index contributed by atoms with van der Waals surface area (Å²) < 4.78 is 6.19. The smallest absolute Gasteiger partial charge is 0.359 e. The Labute approximate surface area is 91.8 Å². The van der Waals surface area contributed by atoms with Crippen molar-refractivity contribution < 1.29 is 9.53 Å². The highest BCUT2D eigenvalue weighted by molar-refractivity contribution is 6.02. The van der Waals surface area contributed by atoms with Gasteiger partial charge in [0.05, 0.1) is 24.3 Å². The molecule has 0 radical (unpaired) electrons. The number of hydrogen-bond donors (Lipinski definition) is 0. The molecule has 0 fully saturated rings. The first-order valence-corrected chi connectivity index (χ1v) is 4.62. The van der Waals surface area contributed by atoms with Crippen molar-refractivity contribution in [2.75, 3.05) is 7.11 Å². The lowest BCUT2D eigenvalue weighted by Crippen LogP contribution is -2.03. The van der Waals surface area contributed by atoms with Crippen LogP contribution in [0.2, 0.25) is 0 Å². The van der Waals surface area contributed by atoms with Gasteiger partial charge in [-0.1, -0.05) is 0 Å². The average Bonchev–Trinajstić information content (AvgIpc) is 2.65. The third kappa shape index (κ3) is 1.41. The number of methoxy groups -OCH3 is 1. The number of esters is 1. The fourth-order valence-electron chi connectivity index (χ4n) is 1.57. The summed E-state index contributed by atoms with van der Waals surface area (Å²) in [5, 5.41) is 13.5. The molecule has 0 N–H and O–H groups in total. The number of nitrogens with zero attached hydrogens (tertiary/aromatic N) is 3. The quantitative estimate of drug-likeness (QED) is 0.671. The third-order valence-electron chi connectivity index (χ3n) is 2.36. The van der Waals surface area contributed by atoms with Gasteiger partial charge < -0.3 is 4.74 Å². The van der Waals surface area contributed by atoms with Gasteiger partial charge in [-0.3, -0.25) is 4.68 Å². The zero-order valence-electron chi connectivity index (χ0n) is 8.89. The van der Waals surface area contributed by atoms with E-state index in [2.05, 4.69) is 9.84 Å². The predicted octanol–water partition coefficient (Wildman–Crippen LogP) is 1.23. The molecule has 0 amide bonds. The van der Waals surface area contributed by atoms with Crippen LogP contribution in [0.1, 0.15) is 16.1 Å². The van der Waals surface area contributed by atoms with Crippen LogP contribution in [0, 0.1) is 11.3 Å². The van der Waals surface area contributed by atoms with Gasteiger partial charge in [0.1, 0.15) is 0 Å².